The van der Waals surface area contributed by atoms with Gasteiger partial charge < -0.3 is 20.1 Å². The highest BCUT2D eigenvalue weighted by molar-refractivity contribution is 7.47. The number of esters is 2. The van der Waals surface area contributed by atoms with Crippen LogP contribution in [-0.2, 0) is 32.7 Å². The molecule has 1 unspecified atom stereocenters. The zero-order valence-corrected chi connectivity index (χ0v) is 36.8. The first-order chi connectivity index (χ1) is 26.8. The lowest BCUT2D eigenvalue weighted by atomic mass is 10.0. The van der Waals surface area contributed by atoms with Gasteiger partial charge in [0.05, 0.1) is 13.2 Å². The standard InChI is InChI=1S/C45H88NO8P/c1-3-5-7-9-11-13-15-17-19-20-21-22-24-25-27-29-31-33-35-37-44(47)51-41-43(42-53-55(49,50)52-40-39-46)54-45(48)38-36-34-32-30-28-26-23-18-16-14-12-10-8-6-4-2/h10,12,43H,3-9,11,13-42,46H2,1-2H3,(H,49,50)/b12-10-/t43-/m1/s1. The van der Waals surface area contributed by atoms with E-state index in [9.17, 15) is 19.0 Å². The Morgan fingerprint density at radius 3 is 1.35 bits per heavy atom. The molecular formula is C45H88NO8P. The van der Waals surface area contributed by atoms with Gasteiger partial charge in [-0.15, -0.1) is 0 Å². The third-order valence-electron chi connectivity index (χ3n) is 10.2. The van der Waals surface area contributed by atoms with E-state index < -0.39 is 26.5 Å². The van der Waals surface area contributed by atoms with Gasteiger partial charge in [-0.25, -0.2) is 4.57 Å². The van der Waals surface area contributed by atoms with E-state index in [1.165, 1.54) is 161 Å². The highest BCUT2D eigenvalue weighted by Gasteiger charge is 2.26. The van der Waals surface area contributed by atoms with Gasteiger partial charge in [-0.2, -0.15) is 0 Å². The fourth-order valence-electron chi connectivity index (χ4n) is 6.68. The van der Waals surface area contributed by atoms with Gasteiger partial charge in [-0.05, 0) is 32.1 Å². The van der Waals surface area contributed by atoms with Crippen LogP contribution in [0.3, 0.4) is 0 Å². The van der Waals surface area contributed by atoms with E-state index in [4.69, 9.17) is 24.3 Å². The predicted molar refractivity (Wildman–Crippen MR) is 229 cm³/mol. The van der Waals surface area contributed by atoms with Crippen LogP contribution in [0.1, 0.15) is 232 Å². The topological polar surface area (TPSA) is 134 Å². The second kappa shape index (κ2) is 42.4. The Morgan fingerprint density at radius 1 is 0.527 bits per heavy atom. The Bertz CT molecular complexity index is 917. The number of rotatable bonds is 44. The van der Waals surface area contributed by atoms with Crippen molar-refractivity contribution in [1.82, 2.24) is 0 Å². The van der Waals surface area contributed by atoms with Crippen molar-refractivity contribution in [1.29, 1.82) is 0 Å². The van der Waals surface area contributed by atoms with Crippen molar-refractivity contribution < 1.29 is 37.6 Å². The third-order valence-corrected chi connectivity index (χ3v) is 11.1. The van der Waals surface area contributed by atoms with Crippen LogP contribution in [0.2, 0.25) is 0 Å². The summed E-state index contributed by atoms with van der Waals surface area (Å²) in [6.07, 6.45) is 43.8. The molecule has 0 bridgehead atoms. The van der Waals surface area contributed by atoms with E-state index >= 15 is 0 Å². The molecule has 9 nitrogen and oxygen atoms in total. The number of allylic oxidation sites excluding steroid dienone is 2. The minimum absolute atomic E-state index is 0.0560. The SMILES string of the molecule is CCCC/C=C\CCCCCCCCCCCC(=O)O[C@H](COC(=O)CCCCCCCCCCCCCCCCCCCCC)COP(=O)(O)OCCN. The number of carbonyl (C=O) groups is 2. The molecule has 0 saturated heterocycles. The minimum Gasteiger partial charge on any atom is -0.462 e. The van der Waals surface area contributed by atoms with Crippen molar-refractivity contribution >= 4 is 19.8 Å². The third kappa shape index (κ3) is 42.2. The van der Waals surface area contributed by atoms with Crippen molar-refractivity contribution in [2.24, 2.45) is 5.73 Å². The van der Waals surface area contributed by atoms with E-state index in [0.29, 0.717) is 6.42 Å². The Labute approximate surface area is 339 Å². The molecule has 0 heterocycles. The van der Waals surface area contributed by atoms with Gasteiger partial charge in [-0.3, -0.25) is 18.6 Å². The summed E-state index contributed by atoms with van der Waals surface area (Å²) >= 11 is 0. The molecular weight excluding hydrogens is 713 g/mol. The number of phosphoric ester groups is 1. The molecule has 0 spiro atoms. The number of nitrogens with two attached hydrogens (primary N) is 1. The van der Waals surface area contributed by atoms with E-state index in [1.54, 1.807) is 0 Å². The molecule has 2 atom stereocenters. The van der Waals surface area contributed by atoms with Gasteiger partial charge >= 0.3 is 19.8 Å². The second-order valence-corrected chi connectivity index (χ2v) is 17.1. The number of ether oxygens (including phenoxy) is 2. The first-order valence-corrected chi connectivity index (χ1v) is 24.7. The summed E-state index contributed by atoms with van der Waals surface area (Å²) in [5.41, 5.74) is 5.35. The van der Waals surface area contributed by atoms with Crippen LogP contribution in [0.15, 0.2) is 12.2 Å². The quantitative estimate of drug-likeness (QED) is 0.0267. The maximum atomic E-state index is 12.6. The minimum atomic E-state index is -4.37. The van der Waals surface area contributed by atoms with Crippen LogP contribution in [-0.4, -0.2) is 49.3 Å². The largest absolute Gasteiger partial charge is 0.472 e. The monoisotopic (exact) mass is 802 g/mol. The Balaban J connectivity index is 4.05. The smallest absolute Gasteiger partial charge is 0.462 e. The molecule has 0 radical (unpaired) electrons. The van der Waals surface area contributed by atoms with Crippen molar-refractivity contribution in [2.75, 3.05) is 26.4 Å². The van der Waals surface area contributed by atoms with Gasteiger partial charge in [0, 0.05) is 19.4 Å². The highest BCUT2D eigenvalue weighted by atomic mass is 31.2. The predicted octanol–water partition coefficient (Wildman–Crippen LogP) is 13.4. The van der Waals surface area contributed by atoms with Crippen LogP contribution < -0.4 is 5.73 Å². The number of hydrogen-bond acceptors (Lipinski definition) is 8. The number of carbonyl (C=O) groups excluding carboxylic acids is 2. The van der Waals surface area contributed by atoms with Crippen molar-refractivity contribution in [2.45, 2.75) is 238 Å². The molecule has 0 fully saturated rings. The van der Waals surface area contributed by atoms with Gasteiger partial charge in [0.2, 0.25) is 0 Å². The van der Waals surface area contributed by atoms with E-state index in [1.807, 2.05) is 0 Å². The summed E-state index contributed by atoms with van der Waals surface area (Å²) in [6, 6.07) is 0. The molecule has 0 aliphatic carbocycles. The molecule has 326 valence electrons. The van der Waals surface area contributed by atoms with Crippen LogP contribution in [0.25, 0.3) is 0 Å². The Kier molecular flexibility index (Phi) is 41.4. The van der Waals surface area contributed by atoms with Gasteiger partial charge in [0.25, 0.3) is 0 Å². The Morgan fingerprint density at radius 2 is 0.909 bits per heavy atom. The second-order valence-electron chi connectivity index (χ2n) is 15.6. The number of unbranched alkanes of at least 4 members (excludes halogenated alkanes) is 29. The average molecular weight is 802 g/mol. The number of phosphoric acid groups is 1. The summed E-state index contributed by atoms with van der Waals surface area (Å²) in [5.74, 6) is -0.818. The lowest BCUT2D eigenvalue weighted by molar-refractivity contribution is -0.161. The first kappa shape index (κ1) is 53.8. The summed E-state index contributed by atoms with van der Waals surface area (Å²) < 4.78 is 32.8. The maximum absolute atomic E-state index is 12.6. The maximum Gasteiger partial charge on any atom is 0.472 e. The first-order valence-electron chi connectivity index (χ1n) is 23.2. The molecule has 0 aromatic heterocycles. The van der Waals surface area contributed by atoms with Crippen molar-refractivity contribution in [3.8, 4) is 0 Å². The van der Waals surface area contributed by atoms with Gasteiger partial charge in [-0.1, -0.05) is 199 Å². The molecule has 0 saturated carbocycles. The molecule has 0 aliphatic rings. The molecule has 0 amide bonds. The Hall–Kier alpha value is -1.25. The average Bonchev–Trinajstić information content (AvgIpc) is 3.17. The molecule has 10 heteroatoms. The molecule has 3 N–H and O–H groups in total. The van der Waals surface area contributed by atoms with Crippen molar-refractivity contribution in [3.05, 3.63) is 12.2 Å². The van der Waals surface area contributed by atoms with E-state index in [2.05, 4.69) is 26.0 Å². The van der Waals surface area contributed by atoms with Crippen LogP contribution in [0, 0.1) is 0 Å². The highest BCUT2D eigenvalue weighted by Crippen LogP contribution is 2.43. The molecule has 0 aromatic carbocycles. The lowest BCUT2D eigenvalue weighted by Gasteiger charge is -2.19. The van der Waals surface area contributed by atoms with E-state index in [0.717, 1.165) is 38.5 Å². The summed E-state index contributed by atoms with van der Waals surface area (Å²) in [6.45, 7) is 3.74. The summed E-state index contributed by atoms with van der Waals surface area (Å²) in [5, 5.41) is 0. The molecule has 55 heavy (non-hydrogen) atoms. The summed E-state index contributed by atoms with van der Waals surface area (Å²) in [7, 11) is -4.37. The molecule has 0 rings (SSSR count). The fraction of sp³-hybridized carbons (Fsp3) is 0.911. The summed E-state index contributed by atoms with van der Waals surface area (Å²) in [4.78, 5) is 34.9. The van der Waals surface area contributed by atoms with Crippen LogP contribution in [0.4, 0.5) is 0 Å². The van der Waals surface area contributed by atoms with Crippen molar-refractivity contribution in [3.63, 3.8) is 0 Å². The normalized spacial score (nSPS) is 13.3. The molecule has 0 aliphatic heterocycles. The molecule has 0 aromatic rings. The van der Waals surface area contributed by atoms with Crippen LogP contribution >= 0.6 is 7.82 Å². The van der Waals surface area contributed by atoms with E-state index in [-0.39, 0.29) is 38.6 Å². The van der Waals surface area contributed by atoms with Gasteiger partial charge in [0.1, 0.15) is 6.61 Å². The zero-order chi connectivity index (χ0) is 40.3. The number of hydrogen-bond donors (Lipinski definition) is 2. The van der Waals surface area contributed by atoms with Gasteiger partial charge in [0.15, 0.2) is 6.10 Å². The zero-order valence-electron chi connectivity index (χ0n) is 35.9. The lowest BCUT2D eigenvalue weighted by Crippen LogP contribution is -2.29. The fourth-order valence-corrected chi connectivity index (χ4v) is 7.44. The van der Waals surface area contributed by atoms with Crippen LogP contribution in [0.5, 0.6) is 0 Å².